The van der Waals surface area contributed by atoms with Crippen LogP contribution in [0.2, 0.25) is 5.15 Å². The third-order valence-electron chi connectivity index (χ3n) is 6.98. The Labute approximate surface area is 232 Å². The number of ketones is 1. The number of carbonyl (C=O) groups is 3. The minimum absolute atomic E-state index is 0.123. The molecular weight excluding hydrogens is 537 g/mol. The maximum atomic E-state index is 14.5. The van der Waals surface area contributed by atoms with Gasteiger partial charge in [0, 0.05) is 59.4 Å². The Morgan fingerprint density at radius 3 is 2.77 bits per heavy atom. The lowest BCUT2D eigenvalue weighted by molar-refractivity contribution is -0.137. The molecule has 40 heavy (non-hydrogen) atoms. The van der Waals surface area contributed by atoms with Crippen LogP contribution in [0.4, 0.5) is 10.2 Å². The van der Waals surface area contributed by atoms with Gasteiger partial charge in [0.2, 0.25) is 17.6 Å². The van der Waals surface area contributed by atoms with Crippen molar-refractivity contribution in [1.82, 2.24) is 28.8 Å². The van der Waals surface area contributed by atoms with Crippen molar-refractivity contribution in [3.8, 4) is 11.1 Å². The molecule has 202 valence electrons. The van der Waals surface area contributed by atoms with Crippen LogP contribution in [0.5, 0.6) is 0 Å². The standard InChI is InChI=1S/C28H23ClFN7O3/c1-16(38)21-14-36(22-6-5-17(9-20(21)22)18-11-32-28-31-7-8-35(28)12-18)15-26(39)37-13-19(30)10-23(37)27(40)34-25-4-2-3-24(29)33-25/h2-9,11-12,14,19,23H,10,13,15H2,1H3,(H,33,34,40)/t19-,23+/m1/s1. The predicted octanol–water partition coefficient (Wildman–Crippen LogP) is 4.18. The number of hydrogen-bond donors (Lipinski definition) is 1. The first-order chi connectivity index (χ1) is 19.3. The molecule has 5 aromatic rings. The zero-order valence-corrected chi connectivity index (χ0v) is 22.0. The Hall–Kier alpha value is -4.64. The zero-order valence-electron chi connectivity index (χ0n) is 21.3. The summed E-state index contributed by atoms with van der Waals surface area (Å²) in [5.41, 5.74) is 2.79. The summed E-state index contributed by atoms with van der Waals surface area (Å²) in [6, 6.07) is 9.35. The summed E-state index contributed by atoms with van der Waals surface area (Å²) < 4.78 is 17.9. The van der Waals surface area contributed by atoms with Gasteiger partial charge in [-0.3, -0.25) is 18.8 Å². The van der Waals surface area contributed by atoms with Crippen molar-refractivity contribution < 1.29 is 18.8 Å². The number of likely N-dealkylation sites (tertiary alicyclic amines) is 1. The monoisotopic (exact) mass is 559 g/mol. The number of pyridine rings is 1. The van der Waals surface area contributed by atoms with Gasteiger partial charge in [0.15, 0.2) is 5.78 Å². The summed E-state index contributed by atoms with van der Waals surface area (Å²) in [7, 11) is 0. The molecule has 1 N–H and O–H groups in total. The van der Waals surface area contributed by atoms with Crippen molar-refractivity contribution in [2.75, 3.05) is 11.9 Å². The number of hydrogen-bond acceptors (Lipinski definition) is 6. The van der Waals surface area contributed by atoms with Crippen molar-refractivity contribution >= 4 is 51.7 Å². The van der Waals surface area contributed by atoms with E-state index in [0.29, 0.717) is 22.2 Å². The van der Waals surface area contributed by atoms with Gasteiger partial charge in [0.1, 0.15) is 29.7 Å². The summed E-state index contributed by atoms with van der Waals surface area (Å²) in [6.07, 6.45) is 7.23. The highest BCUT2D eigenvalue weighted by Gasteiger charge is 2.40. The fourth-order valence-corrected chi connectivity index (χ4v) is 5.25. The number of halogens is 2. The lowest BCUT2D eigenvalue weighted by atomic mass is 10.0. The molecule has 2 atom stereocenters. The van der Waals surface area contributed by atoms with Gasteiger partial charge in [-0.2, -0.15) is 0 Å². The van der Waals surface area contributed by atoms with E-state index in [2.05, 4.69) is 20.3 Å². The minimum Gasteiger partial charge on any atom is -0.337 e. The quantitative estimate of drug-likeness (QED) is 0.247. The SMILES string of the molecule is CC(=O)c1cn(CC(=O)N2C[C@H](F)C[C@H]2C(=O)Nc2cccc(Cl)n2)c2ccc(-c3cnc4nccn4c3)cc12. The van der Waals surface area contributed by atoms with E-state index in [1.165, 1.54) is 11.8 Å². The Morgan fingerprint density at radius 1 is 1.12 bits per heavy atom. The van der Waals surface area contributed by atoms with Crippen LogP contribution in [-0.4, -0.2) is 65.2 Å². The average molecular weight is 560 g/mol. The van der Waals surface area contributed by atoms with E-state index < -0.39 is 24.0 Å². The lowest BCUT2D eigenvalue weighted by Crippen LogP contribution is -2.44. The second kappa shape index (κ2) is 10.2. The van der Waals surface area contributed by atoms with E-state index in [1.54, 1.807) is 52.0 Å². The van der Waals surface area contributed by atoms with Crippen molar-refractivity contribution in [2.24, 2.45) is 0 Å². The van der Waals surface area contributed by atoms with Crippen LogP contribution in [0.25, 0.3) is 27.8 Å². The highest BCUT2D eigenvalue weighted by atomic mass is 35.5. The van der Waals surface area contributed by atoms with Crippen LogP contribution in [0, 0.1) is 0 Å². The molecule has 1 fully saturated rings. The van der Waals surface area contributed by atoms with Crippen molar-refractivity contribution in [2.45, 2.75) is 32.1 Å². The highest BCUT2D eigenvalue weighted by Crippen LogP contribution is 2.29. The van der Waals surface area contributed by atoms with Gasteiger partial charge in [0.05, 0.1) is 6.54 Å². The Morgan fingerprint density at radius 2 is 1.98 bits per heavy atom. The fraction of sp³-hybridized carbons (Fsp3) is 0.214. The second-order valence-electron chi connectivity index (χ2n) is 9.67. The number of Topliss-reactive ketones (excluding diaryl/α,β-unsaturated/α-hetero) is 1. The molecule has 12 heteroatoms. The van der Waals surface area contributed by atoms with Crippen molar-refractivity contribution in [1.29, 1.82) is 0 Å². The topological polar surface area (TPSA) is 114 Å². The molecule has 0 bridgehead atoms. The summed E-state index contributed by atoms with van der Waals surface area (Å²) >= 11 is 5.90. The van der Waals surface area contributed by atoms with Gasteiger partial charge < -0.3 is 14.8 Å². The number of alkyl halides is 1. The normalized spacial score (nSPS) is 17.0. The molecule has 6 rings (SSSR count). The first-order valence-corrected chi connectivity index (χ1v) is 12.9. The molecule has 0 spiro atoms. The van der Waals surface area contributed by atoms with Gasteiger partial charge in [-0.15, -0.1) is 0 Å². The van der Waals surface area contributed by atoms with Gasteiger partial charge in [-0.05, 0) is 36.8 Å². The van der Waals surface area contributed by atoms with Crippen LogP contribution in [0.15, 0.2) is 67.4 Å². The number of benzene rings is 1. The molecule has 10 nitrogen and oxygen atoms in total. The zero-order chi connectivity index (χ0) is 28.0. The Balaban J connectivity index is 1.28. The number of rotatable bonds is 6. The number of amides is 2. The molecule has 1 aliphatic heterocycles. The molecule has 2 amide bonds. The Bertz CT molecular complexity index is 1800. The van der Waals surface area contributed by atoms with Gasteiger partial charge >= 0.3 is 0 Å². The third kappa shape index (κ3) is 4.79. The fourth-order valence-electron chi connectivity index (χ4n) is 5.09. The number of aromatic nitrogens is 5. The second-order valence-corrected chi connectivity index (χ2v) is 10.1. The first kappa shape index (κ1) is 25.6. The van der Waals surface area contributed by atoms with Crippen LogP contribution < -0.4 is 5.32 Å². The van der Waals surface area contributed by atoms with E-state index >= 15 is 0 Å². The summed E-state index contributed by atoms with van der Waals surface area (Å²) in [5, 5.41) is 3.49. The van der Waals surface area contributed by atoms with Crippen LogP contribution in [-0.2, 0) is 16.1 Å². The number of carbonyl (C=O) groups excluding carboxylic acids is 3. The van der Waals surface area contributed by atoms with E-state index in [9.17, 15) is 18.8 Å². The number of fused-ring (bicyclic) bond motifs is 2. The van der Waals surface area contributed by atoms with Gasteiger partial charge in [0.25, 0.3) is 0 Å². The van der Waals surface area contributed by atoms with Crippen LogP contribution >= 0.6 is 11.6 Å². The largest absolute Gasteiger partial charge is 0.337 e. The van der Waals surface area contributed by atoms with Gasteiger partial charge in [-0.1, -0.05) is 23.7 Å². The van der Waals surface area contributed by atoms with E-state index in [1.807, 2.05) is 24.4 Å². The maximum absolute atomic E-state index is 14.5. The highest BCUT2D eigenvalue weighted by molar-refractivity contribution is 6.29. The van der Waals surface area contributed by atoms with E-state index in [0.717, 1.165) is 11.1 Å². The summed E-state index contributed by atoms with van der Waals surface area (Å²) in [6.45, 7) is 1.09. The maximum Gasteiger partial charge on any atom is 0.248 e. The molecule has 1 aliphatic rings. The number of nitrogens with zero attached hydrogens (tertiary/aromatic N) is 6. The first-order valence-electron chi connectivity index (χ1n) is 12.6. The number of anilines is 1. The molecular formula is C28H23ClFN7O3. The lowest BCUT2D eigenvalue weighted by Gasteiger charge is -2.24. The minimum atomic E-state index is -1.34. The molecule has 5 heterocycles. The van der Waals surface area contributed by atoms with Crippen molar-refractivity contribution in [3.05, 3.63) is 78.1 Å². The summed E-state index contributed by atoms with van der Waals surface area (Å²) in [4.78, 5) is 52.7. The van der Waals surface area contributed by atoms with E-state index in [-0.39, 0.29) is 36.3 Å². The smallest absolute Gasteiger partial charge is 0.248 e. The number of imidazole rings is 1. The molecule has 0 radical (unpaired) electrons. The van der Waals surface area contributed by atoms with Crippen LogP contribution in [0.3, 0.4) is 0 Å². The molecule has 0 aliphatic carbocycles. The molecule has 4 aromatic heterocycles. The predicted molar refractivity (Wildman–Crippen MR) is 147 cm³/mol. The Kier molecular flexibility index (Phi) is 6.51. The van der Waals surface area contributed by atoms with Crippen molar-refractivity contribution in [3.63, 3.8) is 0 Å². The average Bonchev–Trinajstić information content (AvgIpc) is 3.65. The third-order valence-corrected chi connectivity index (χ3v) is 7.19. The van der Waals surface area contributed by atoms with Gasteiger partial charge in [-0.25, -0.2) is 19.3 Å². The molecule has 1 saturated heterocycles. The number of nitrogens with one attached hydrogen (secondary N) is 1. The van der Waals surface area contributed by atoms with Crippen LogP contribution in [0.1, 0.15) is 23.7 Å². The molecule has 0 saturated carbocycles. The van der Waals surface area contributed by atoms with E-state index in [4.69, 9.17) is 11.6 Å². The summed E-state index contributed by atoms with van der Waals surface area (Å²) in [5.74, 6) is -0.351. The molecule has 0 unspecified atom stereocenters. The molecule has 1 aromatic carbocycles.